The Labute approximate surface area is 158 Å². The molecule has 7 heteroatoms. The maximum Gasteiger partial charge on any atom is 0.291 e. The van der Waals surface area contributed by atoms with Gasteiger partial charge in [0.15, 0.2) is 5.76 Å². The number of amides is 2. The lowest BCUT2D eigenvalue weighted by Crippen LogP contribution is -2.52. The molecule has 0 atom stereocenters. The average molecular weight is 378 g/mol. The summed E-state index contributed by atoms with van der Waals surface area (Å²) in [6, 6.07) is 8.60. The molecule has 1 heterocycles. The molecule has 3 rings (SSSR count). The van der Waals surface area contributed by atoms with Gasteiger partial charge in [0.05, 0.1) is 11.8 Å². The number of aryl methyl sites for hydroxylation is 1. The van der Waals surface area contributed by atoms with Gasteiger partial charge in [0, 0.05) is 11.4 Å². The number of rotatable bonds is 4. The molecule has 1 aliphatic rings. The maximum absolute atomic E-state index is 12.5. The lowest BCUT2D eigenvalue weighted by atomic mass is 9.82. The third kappa shape index (κ3) is 4.45. The summed E-state index contributed by atoms with van der Waals surface area (Å²) in [5.74, 6) is -0.203. The minimum Gasteiger partial charge on any atom is -0.459 e. The van der Waals surface area contributed by atoms with E-state index in [0.29, 0.717) is 11.4 Å². The molecule has 1 fully saturated rings. The molecule has 0 saturated heterocycles. The summed E-state index contributed by atoms with van der Waals surface area (Å²) in [7, 11) is 0. The zero-order valence-electron chi connectivity index (χ0n) is 14.7. The van der Waals surface area contributed by atoms with Crippen molar-refractivity contribution in [1.29, 1.82) is 0 Å². The van der Waals surface area contributed by atoms with Gasteiger partial charge in [-0.15, -0.1) is 12.4 Å². The fourth-order valence-corrected chi connectivity index (χ4v) is 3.14. The van der Waals surface area contributed by atoms with E-state index in [9.17, 15) is 9.59 Å². The van der Waals surface area contributed by atoms with Crippen molar-refractivity contribution in [3.8, 4) is 0 Å². The SMILES string of the molecule is Cc1cc(NC(=O)C2(N)CCCCC2)ccc1NC(=O)c1ccco1.Cl. The molecule has 4 N–H and O–H groups in total. The highest BCUT2D eigenvalue weighted by Crippen LogP contribution is 2.28. The fourth-order valence-electron chi connectivity index (χ4n) is 3.14. The standard InChI is InChI=1S/C19H23N3O3.ClH/c1-13-12-14(21-18(24)19(20)9-3-2-4-10-19)7-8-15(13)22-17(23)16-6-5-11-25-16;/h5-8,11-12H,2-4,9-10,20H2,1H3,(H,21,24)(H,22,23);1H. The normalized spacial score (nSPS) is 15.6. The van der Waals surface area contributed by atoms with Crippen molar-refractivity contribution < 1.29 is 14.0 Å². The first-order valence-corrected chi connectivity index (χ1v) is 8.54. The molecule has 1 aliphatic carbocycles. The third-order valence-electron chi connectivity index (χ3n) is 4.68. The number of anilines is 2. The van der Waals surface area contributed by atoms with E-state index in [1.807, 2.05) is 13.0 Å². The molecule has 2 amide bonds. The molecule has 26 heavy (non-hydrogen) atoms. The lowest BCUT2D eigenvalue weighted by molar-refractivity contribution is -0.122. The topological polar surface area (TPSA) is 97.4 Å². The van der Waals surface area contributed by atoms with Gasteiger partial charge in [-0.25, -0.2) is 0 Å². The molecule has 140 valence electrons. The Balaban J connectivity index is 0.00000243. The number of benzene rings is 1. The molecule has 1 aromatic heterocycles. The molecule has 2 aromatic rings. The first-order chi connectivity index (χ1) is 12.0. The second-order valence-corrected chi connectivity index (χ2v) is 6.63. The number of nitrogens with two attached hydrogens (primary N) is 1. The lowest BCUT2D eigenvalue weighted by Gasteiger charge is -2.31. The Kier molecular flexibility index (Phi) is 6.45. The van der Waals surface area contributed by atoms with Crippen molar-refractivity contribution in [2.75, 3.05) is 10.6 Å². The van der Waals surface area contributed by atoms with E-state index < -0.39 is 5.54 Å². The second-order valence-electron chi connectivity index (χ2n) is 6.63. The Hall–Kier alpha value is -2.31. The van der Waals surface area contributed by atoms with E-state index in [4.69, 9.17) is 10.2 Å². The predicted molar refractivity (Wildman–Crippen MR) is 104 cm³/mol. The molecular weight excluding hydrogens is 354 g/mol. The number of hydrogen-bond acceptors (Lipinski definition) is 4. The van der Waals surface area contributed by atoms with Crippen molar-refractivity contribution in [2.45, 2.75) is 44.6 Å². The summed E-state index contributed by atoms with van der Waals surface area (Å²) in [6.45, 7) is 1.87. The Morgan fingerprint density at radius 2 is 1.85 bits per heavy atom. The van der Waals surface area contributed by atoms with Crippen LogP contribution in [0.3, 0.4) is 0 Å². The van der Waals surface area contributed by atoms with E-state index in [1.165, 1.54) is 6.26 Å². The second kappa shape index (κ2) is 8.38. The number of carbonyl (C=O) groups excluding carboxylic acids is 2. The molecular formula is C19H24ClN3O3. The Morgan fingerprint density at radius 1 is 1.12 bits per heavy atom. The Morgan fingerprint density at radius 3 is 2.46 bits per heavy atom. The van der Waals surface area contributed by atoms with Gasteiger partial charge < -0.3 is 20.8 Å². The average Bonchev–Trinajstić information content (AvgIpc) is 3.12. The summed E-state index contributed by atoms with van der Waals surface area (Å²) in [4.78, 5) is 24.5. The van der Waals surface area contributed by atoms with Crippen molar-refractivity contribution in [3.63, 3.8) is 0 Å². The van der Waals surface area contributed by atoms with Crippen LogP contribution in [0.1, 0.15) is 48.2 Å². The molecule has 0 bridgehead atoms. The summed E-state index contributed by atoms with van der Waals surface area (Å²) in [5, 5.41) is 5.70. The Bertz CT molecular complexity index is 768. The van der Waals surface area contributed by atoms with Crippen LogP contribution < -0.4 is 16.4 Å². The highest BCUT2D eigenvalue weighted by molar-refractivity contribution is 6.03. The molecule has 1 saturated carbocycles. The summed E-state index contributed by atoms with van der Waals surface area (Å²) in [5.41, 5.74) is 7.66. The van der Waals surface area contributed by atoms with Gasteiger partial charge in [-0.05, 0) is 55.7 Å². The van der Waals surface area contributed by atoms with Gasteiger partial charge >= 0.3 is 0 Å². The van der Waals surface area contributed by atoms with E-state index in [1.54, 1.807) is 24.3 Å². The predicted octanol–water partition coefficient (Wildman–Crippen LogP) is 3.86. The molecule has 1 aromatic carbocycles. The molecule has 0 spiro atoms. The van der Waals surface area contributed by atoms with E-state index >= 15 is 0 Å². The monoisotopic (exact) mass is 377 g/mol. The number of furan rings is 1. The first kappa shape index (κ1) is 20.0. The highest BCUT2D eigenvalue weighted by atomic mass is 35.5. The van der Waals surface area contributed by atoms with Crippen molar-refractivity contribution in [3.05, 3.63) is 47.9 Å². The smallest absolute Gasteiger partial charge is 0.291 e. The van der Waals surface area contributed by atoms with Crippen LogP contribution in [0.15, 0.2) is 41.0 Å². The number of hydrogen-bond donors (Lipinski definition) is 3. The van der Waals surface area contributed by atoms with Crippen LogP contribution in [-0.4, -0.2) is 17.4 Å². The molecule has 0 radical (unpaired) electrons. The van der Waals surface area contributed by atoms with Crippen LogP contribution in [0, 0.1) is 6.92 Å². The number of halogens is 1. The van der Waals surface area contributed by atoms with Crippen molar-refractivity contribution in [1.82, 2.24) is 0 Å². The van der Waals surface area contributed by atoms with Crippen molar-refractivity contribution >= 4 is 35.6 Å². The third-order valence-corrected chi connectivity index (χ3v) is 4.68. The van der Waals surface area contributed by atoms with Gasteiger partial charge in [-0.1, -0.05) is 19.3 Å². The van der Waals surface area contributed by atoms with Crippen LogP contribution in [0.4, 0.5) is 11.4 Å². The summed E-state index contributed by atoms with van der Waals surface area (Å²) in [6.07, 6.45) is 6.00. The van der Waals surface area contributed by atoms with Crippen LogP contribution in [0.5, 0.6) is 0 Å². The van der Waals surface area contributed by atoms with E-state index in [0.717, 1.165) is 37.7 Å². The van der Waals surface area contributed by atoms with Crippen LogP contribution in [-0.2, 0) is 4.79 Å². The first-order valence-electron chi connectivity index (χ1n) is 8.54. The van der Waals surface area contributed by atoms with Crippen LogP contribution >= 0.6 is 12.4 Å². The highest BCUT2D eigenvalue weighted by Gasteiger charge is 2.35. The fraction of sp³-hybridized carbons (Fsp3) is 0.368. The van der Waals surface area contributed by atoms with E-state index in [-0.39, 0.29) is 30.0 Å². The molecule has 0 aliphatic heterocycles. The van der Waals surface area contributed by atoms with Gasteiger partial charge in [-0.2, -0.15) is 0 Å². The van der Waals surface area contributed by atoms with Gasteiger partial charge in [-0.3, -0.25) is 9.59 Å². The van der Waals surface area contributed by atoms with E-state index in [2.05, 4.69) is 10.6 Å². The maximum atomic E-state index is 12.5. The molecule has 0 unspecified atom stereocenters. The zero-order valence-corrected chi connectivity index (χ0v) is 15.5. The zero-order chi connectivity index (χ0) is 17.9. The van der Waals surface area contributed by atoms with Crippen molar-refractivity contribution in [2.24, 2.45) is 5.73 Å². The van der Waals surface area contributed by atoms with Gasteiger partial charge in [0.25, 0.3) is 5.91 Å². The van der Waals surface area contributed by atoms with Crippen LogP contribution in [0.2, 0.25) is 0 Å². The quantitative estimate of drug-likeness (QED) is 0.753. The largest absolute Gasteiger partial charge is 0.459 e. The number of nitrogens with one attached hydrogen (secondary N) is 2. The summed E-state index contributed by atoms with van der Waals surface area (Å²) < 4.78 is 5.08. The minimum atomic E-state index is -0.779. The van der Waals surface area contributed by atoms with Crippen LogP contribution in [0.25, 0.3) is 0 Å². The summed E-state index contributed by atoms with van der Waals surface area (Å²) >= 11 is 0. The molecule has 6 nitrogen and oxygen atoms in total. The van der Waals surface area contributed by atoms with Gasteiger partial charge in [0.2, 0.25) is 5.91 Å². The minimum absolute atomic E-state index is 0. The van der Waals surface area contributed by atoms with Gasteiger partial charge in [0.1, 0.15) is 0 Å². The number of carbonyl (C=O) groups is 2.